The molecule has 0 spiro atoms. The molecular formula is C25H39N3O2. The van der Waals surface area contributed by atoms with E-state index in [4.69, 9.17) is 4.74 Å². The van der Waals surface area contributed by atoms with E-state index in [0.717, 1.165) is 25.9 Å². The van der Waals surface area contributed by atoms with Gasteiger partial charge in [0.05, 0.1) is 18.1 Å². The highest BCUT2D eigenvalue weighted by Crippen LogP contribution is 2.30. The van der Waals surface area contributed by atoms with Gasteiger partial charge in [-0.25, -0.2) is 0 Å². The SMILES string of the molecule is COCC(C)(C)NC(=O)[C@H]1CCCN(C2CCN(C3Cc4ccccc4C3)CC2)C1. The van der Waals surface area contributed by atoms with E-state index in [1.807, 2.05) is 13.8 Å². The van der Waals surface area contributed by atoms with Crippen molar-refractivity contribution in [1.29, 1.82) is 0 Å². The summed E-state index contributed by atoms with van der Waals surface area (Å²) in [6.07, 6.45) is 7.02. The number of ether oxygens (including phenoxy) is 1. The van der Waals surface area contributed by atoms with Gasteiger partial charge in [-0.1, -0.05) is 24.3 Å². The minimum Gasteiger partial charge on any atom is -0.382 e. The predicted octanol–water partition coefficient (Wildman–Crippen LogP) is 2.87. The summed E-state index contributed by atoms with van der Waals surface area (Å²) >= 11 is 0. The Bertz CT molecular complexity index is 702. The molecule has 166 valence electrons. The van der Waals surface area contributed by atoms with E-state index in [2.05, 4.69) is 39.4 Å². The number of hydrogen-bond acceptors (Lipinski definition) is 4. The quantitative estimate of drug-likeness (QED) is 0.779. The summed E-state index contributed by atoms with van der Waals surface area (Å²) in [4.78, 5) is 18.2. The van der Waals surface area contributed by atoms with Crippen LogP contribution in [0, 0.1) is 5.92 Å². The number of carbonyl (C=O) groups is 1. The number of fused-ring (bicyclic) bond motifs is 1. The second-order valence-electron chi connectivity index (χ2n) is 10.2. The third-order valence-corrected chi connectivity index (χ3v) is 7.35. The zero-order chi connectivity index (χ0) is 21.1. The number of piperidine rings is 2. The molecule has 1 aliphatic carbocycles. The second kappa shape index (κ2) is 9.37. The molecule has 0 bridgehead atoms. The van der Waals surface area contributed by atoms with Crippen LogP contribution < -0.4 is 5.32 Å². The van der Waals surface area contributed by atoms with Gasteiger partial charge in [0.15, 0.2) is 0 Å². The van der Waals surface area contributed by atoms with Crippen LogP contribution in [0.4, 0.5) is 0 Å². The molecule has 0 aromatic heterocycles. The maximum absolute atomic E-state index is 12.8. The molecular weight excluding hydrogens is 374 g/mol. The molecule has 1 N–H and O–H groups in total. The third kappa shape index (κ3) is 5.06. The molecule has 1 amide bonds. The largest absolute Gasteiger partial charge is 0.382 e. The summed E-state index contributed by atoms with van der Waals surface area (Å²) in [7, 11) is 1.69. The monoisotopic (exact) mass is 413 g/mol. The van der Waals surface area contributed by atoms with Crippen LogP contribution >= 0.6 is 0 Å². The van der Waals surface area contributed by atoms with Crippen LogP contribution in [0.1, 0.15) is 50.7 Å². The lowest BCUT2D eigenvalue weighted by molar-refractivity contribution is -0.129. The van der Waals surface area contributed by atoms with Gasteiger partial charge in [0.25, 0.3) is 0 Å². The normalized spacial score (nSPS) is 24.7. The van der Waals surface area contributed by atoms with Crippen LogP contribution in [0.5, 0.6) is 0 Å². The van der Waals surface area contributed by atoms with Gasteiger partial charge < -0.3 is 10.1 Å². The molecule has 2 aliphatic heterocycles. The molecule has 1 aromatic carbocycles. The van der Waals surface area contributed by atoms with E-state index in [1.54, 1.807) is 18.2 Å². The smallest absolute Gasteiger partial charge is 0.224 e. The number of benzene rings is 1. The zero-order valence-corrected chi connectivity index (χ0v) is 19.0. The molecule has 1 aromatic rings. The summed E-state index contributed by atoms with van der Waals surface area (Å²) in [5.74, 6) is 0.306. The Hall–Kier alpha value is -1.43. The minimum atomic E-state index is -0.307. The molecule has 0 radical (unpaired) electrons. The Morgan fingerprint density at radius 1 is 1.03 bits per heavy atom. The van der Waals surface area contributed by atoms with Crippen molar-refractivity contribution in [2.45, 2.75) is 70.0 Å². The van der Waals surface area contributed by atoms with E-state index in [0.29, 0.717) is 18.7 Å². The summed E-state index contributed by atoms with van der Waals surface area (Å²) in [6.45, 7) is 9.05. The number of rotatable bonds is 6. The van der Waals surface area contributed by atoms with E-state index in [9.17, 15) is 4.79 Å². The van der Waals surface area contributed by atoms with Gasteiger partial charge in [0.2, 0.25) is 5.91 Å². The van der Waals surface area contributed by atoms with Crippen molar-refractivity contribution in [1.82, 2.24) is 15.1 Å². The maximum Gasteiger partial charge on any atom is 0.224 e. The van der Waals surface area contributed by atoms with Crippen molar-refractivity contribution in [3.63, 3.8) is 0 Å². The molecule has 4 rings (SSSR count). The van der Waals surface area contributed by atoms with Crippen molar-refractivity contribution < 1.29 is 9.53 Å². The number of nitrogens with one attached hydrogen (secondary N) is 1. The van der Waals surface area contributed by atoms with Crippen molar-refractivity contribution >= 4 is 5.91 Å². The molecule has 2 heterocycles. The fraction of sp³-hybridized carbons (Fsp3) is 0.720. The molecule has 2 saturated heterocycles. The fourth-order valence-electron chi connectivity index (χ4n) is 5.79. The van der Waals surface area contributed by atoms with Crippen LogP contribution in [0.15, 0.2) is 24.3 Å². The molecule has 2 fully saturated rings. The molecule has 5 nitrogen and oxygen atoms in total. The lowest BCUT2D eigenvalue weighted by Crippen LogP contribution is -2.54. The van der Waals surface area contributed by atoms with Crippen LogP contribution in [0.2, 0.25) is 0 Å². The fourth-order valence-corrected chi connectivity index (χ4v) is 5.79. The first-order chi connectivity index (χ1) is 14.4. The molecule has 1 atom stereocenters. The lowest BCUT2D eigenvalue weighted by atomic mass is 9.92. The first-order valence-corrected chi connectivity index (χ1v) is 11.8. The average Bonchev–Trinajstić information content (AvgIpc) is 3.18. The number of methoxy groups -OCH3 is 1. The molecule has 30 heavy (non-hydrogen) atoms. The Kier molecular flexibility index (Phi) is 6.81. The molecule has 0 saturated carbocycles. The van der Waals surface area contributed by atoms with Gasteiger partial charge in [-0.3, -0.25) is 14.6 Å². The molecule has 3 aliphatic rings. The van der Waals surface area contributed by atoms with Crippen LogP contribution in [0.3, 0.4) is 0 Å². The highest BCUT2D eigenvalue weighted by atomic mass is 16.5. The topological polar surface area (TPSA) is 44.8 Å². The first-order valence-electron chi connectivity index (χ1n) is 11.8. The standard InChI is InChI=1S/C25H39N3O2/c1-25(2,18-30-3)26-24(29)21-9-6-12-28(17-21)22-10-13-27(14-11-22)23-15-19-7-4-5-8-20(19)16-23/h4-5,7-8,21-23H,6,9-18H2,1-3H3,(H,26,29)/t21-/m0/s1. The number of likely N-dealkylation sites (tertiary alicyclic amines) is 2. The summed E-state index contributed by atoms with van der Waals surface area (Å²) < 4.78 is 5.25. The average molecular weight is 414 g/mol. The van der Waals surface area contributed by atoms with Crippen LogP contribution in [-0.2, 0) is 22.4 Å². The van der Waals surface area contributed by atoms with Gasteiger partial charge >= 0.3 is 0 Å². The van der Waals surface area contributed by atoms with E-state index < -0.39 is 0 Å². The molecule has 0 unspecified atom stereocenters. The first kappa shape index (κ1) is 21.8. The van der Waals surface area contributed by atoms with Crippen molar-refractivity contribution in [3.05, 3.63) is 35.4 Å². The van der Waals surface area contributed by atoms with E-state index in [1.165, 1.54) is 38.8 Å². The summed E-state index contributed by atoms with van der Waals surface area (Å²) in [5.41, 5.74) is 2.79. The Balaban J connectivity index is 1.26. The predicted molar refractivity (Wildman–Crippen MR) is 121 cm³/mol. The Morgan fingerprint density at radius 2 is 1.70 bits per heavy atom. The van der Waals surface area contributed by atoms with Gasteiger partial charge in [0, 0.05) is 25.7 Å². The maximum atomic E-state index is 12.8. The zero-order valence-electron chi connectivity index (χ0n) is 19.0. The van der Waals surface area contributed by atoms with Gasteiger partial charge in [-0.05, 0) is 83.1 Å². The Labute approximate surface area is 182 Å². The van der Waals surface area contributed by atoms with Crippen molar-refractivity contribution in [2.75, 3.05) is 39.9 Å². The number of nitrogens with zero attached hydrogens (tertiary/aromatic N) is 2. The van der Waals surface area contributed by atoms with E-state index in [-0.39, 0.29) is 17.4 Å². The highest BCUT2D eigenvalue weighted by Gasteiger charge is 2.35. The van der Waals surface area contributed by atoms with Crippen LogP contribution in [-0.4, -0.2) is 73.2 Å². The van der Waals surface area contributed by atoms with Crippen LogP contribution in [0.25, 0.3) is 0 Å². The Morgan fingerprint density at radius 3 is 2.33 bits per heavy atom. The molecule has 5 heteroatoms. The van der Waals surface area contributed by atoms with Crippen molar-refractivity contribution in [3.8, 4) is 0 Å². The highest BCUT2D eigenvalue weighted by molar-refractivity contribution is 5.79. The third-order valence-electron chi connectivity index (χ3n) is 7.35. The number of hydrogen-bond donors (Lipinski definition) is 1. The van der Waals surface area contributed by atoms with Gasteiger partial charge in [-0.2, -0.15) is 0 Å². The minimum absolute atomic E-state index is 0.109. The number of carbonyl (C=O) groups excluding carboxylic acids is 1. The second-order valence-corrected chi connectivity index (χ2v) is 10.2. The lowest BCUT2D eigenvalue weighted by Gasteiger charge is -2.43. The summed E-state index contributed by atoms with van der Waals surface area (Å²) in [5, 5.41) is 3.20. The van der Waals surface area contributed by atoms with Gasteiger partial charge in [0.1, 0.15) is 0 Å². The van der Waals surface area contributed by atoms with Gasteiger partial charge in [-0.15, -0.1) is 0 Å². The number of amides is 1. The van der Waals surface area contributed by atoms with E-state index >= 15 is 0 Å². The summed E-state index contributed by atoms with van der Waals surface area (Å²) in [6, 6.07) is 10.3. The van der Waals surface area contributed by atoms with Crippen molar-refractivity contribution in [2.24, 2.45) is 5.92 Å².